The zero-order valence-corrected chi connectivity index (χ0v) is 12.0. The third-order valence-electron chi connectivity index (χ3n) is 3.78. The molecule has 0 radical (unpaired) electrons. The van der Waals surface area contributed by atoms with Crippen molar-refractivity contribution in [3.63, 3.8) is 0 Å². The summed E-state index contributed by atoms with van der Waals surface area (Å²) in [7, 11) is 1.08. The summed E-state index contributed by atoms with van der Waals surface area (Å²) < 4.78 is 13.2. The first kappa shape index (κ1) is 13.7. The molecule has 1 aromatic heterocycles. The van der Waals surface area contributed by atoms with Gasteiger partial charge in [0.15, 0.2) is 0 Å². The number of hydrogen-bond donors (Lipinski definition) is 0. The molecule has 0 saturated carbocycles. The van der Waals surface area contributed by atoms with Gasteiger partial charge in [0, 0.05) is 18.6 Å². The monoisotopic (exact) mass is 269 g/mol. The van der Waals surface area contributed by atoms with Gasteiger partial charge in [0.1, 0.15) is 5.15 Å². The normalized spacial score (nSPS) is 21.3. The fourth-order valence-corrected chi connectivity index (χ4v) is 2.01. The van der Waals surface area contributed by atoms with E-state index >= 15 is 0 Å². The molecule has 0 aliphatic carbocycles. The highest BCUT2D eigenvalue weighted by molar-refractivity contribution is 6.65. The van der Waals surface area contributed by atoms with Crippen LogP contribution >= 0.6 is 11.6 Å². The van der Waals surface area contributed by atoms with Gasteiger partial charge < -0.3 is 13.9 Å². The average Bonchev–Trinajstić information content (AvgIpc) is 2.45. The Hall–Kier alpha value is -0.775. The van der Waals surface area contributed by atoms with Gasteiger partial charge in [-0.05, 0) is 27.7 Å². The Bertz CT molecular complexity index is 523. The van der Waals surface area contributed by atoms with Gasteiger partial charge in [-0.2, -0.15) is 0 Å². The summed E-state index contributed by atoms with van der Waals surface area (Å²) in [6.45, 7) is 7.90. The number of pyridine rings is 1. The van der Waals surface area contributed by atoms with Crippen molar-refractivity contribution in [1.29, 1.82) is 0 Å². The lowest BCUT2D eigenvalue weighted by Gasteiger charge is -2.32. The second kappa shape index (κ2) is 4.12. The first-order valence-electron chi connectivity index (χ1n) is 5.87. The Morgan fingerprint density at radius 1 is 1.17 bits per heavy atom. The molecule has 0 aromatic carbocycles. The van der Waals surface area contributed by atoms with Crippen LogP contribution in [0.15, 0.2) is 16.9 Å². The zero-order valence-electron chi connectivity index (χ0n) is 11.3. The molecule has 1 aromatic rings. The number of rotatable bonds is 1. The van der Waals surface area contributed by atoms with Crippen molar-refractivity contribution in [3.8, 4) is 0 Å². The Morgan fingerprint density at radius 2 is 1.67 bits per heavy atom. The highest BCUT2D eigenvalue weighted by Gasteiger charge is 2.52. The Morgan fingerprint density at radius 3 is 2.17 bits per heavy atom. The smallest absolute Gasteiger partial charge is 0.399 e. The van der Waals surface area contributed by atoms with Crippen LogP contribution in [-0.4, -0.2) is 22.9 Å². The van der Waals surface area contributed by atoms with Crippen molar-refractivity contribution in [1.82, 2.24) is 4.57 Å². The van der Waals surface area contributed by atoms with Crippen molar-refractivity contribution in [2.75, 3.05) is 0 Å². The van der Waals surface area contributed by atoms with Crippen molar-refractivity contribution < 1.29 is 9.31 Å². The third kappa shape index (κ3) is 2.00. The van der Waals surface area contributed by atoms with Crippen LogP contribution in [0.4, 0.5) is 0 Å². The van der Waals surface area contributed by atoms with Gasteiger partial charge in [-0.15, -0.1) is 0 Å². The average molecular weight is 270 g/mol. The molecule has 1 fully saturated rings. The zero-order chi connectivity index (χ0) is 13.7. The summed E-state index contributed by atoms with van der Waals surface area (Å²) in [6, 6.07) is 3.12. The van der Waals surface area contributed by atoms with Gasteiger partial charge in [0.25, 0.3) is 5.56 Å². The fraction of sp³-hybridized carbons (Fsp3) is 0.583. The standard InChI is InChI=1S/C12H17BClNO3/c1-11(2)12(3,4)18-13(17-11)8-6-7-9(16)15(5)10(8)14/h6-7H,1-5H3. The molecule has 0 unspecified atom stereocenters. The Balaban J connectivity index is 2.42. The minimum Gasteiger partial charge on any atom is -0.399 e. The van der Waals surface area contributed by atoms with Crippen molar-refractivity contribution in [2.45, 2.75) is 38.9 Å². The lowest BCUT2D eigenvalue weighted by atomic mass is 9.80. The maximum atomic E-state index is 11.5. The summed E-state index contributed by atoms with van der Waals surface area (Å²) in [6.07, 6.45) is 0. The predicted molar refractivity (Wildman–Crippen MR) is 72.4 cm³/mol. The number of aromatic nitrogens is 1. The minimum absolute atomic E-state index is 0.153. The number of halogens is 1. The van der Waals surface area contributed by atoms with Crippen LogP contribution in [0.2, 0.25) is 5.15 Å². The Kier molecular flexibility index (Phi) is 3.12. The quantitative estimate of drug-likeness (QED) is 0.571. The van der Waals surface area contributed by atoms with Crippen LogP contribution in [0.3, 0.4) is 0 Å². The van der Waals surface area contributed by atoms with Gasteiger partial charge in [-0.25, -0.2) is 0 Å². The van der Waals surface area contributed by atoms with Crippen molar-refractivity contribution in [2.24, 2.45) is 7.05 Å². The van der Waals surface area contributed by atoms with E-state index in [1.807, 2.05) is 27.7 Å². The molecule has 0 N–H and O–H groups in total. The van der Waals surface area contributed by atoms with Gasteiger partial charge in [-0.3, -0.25) is 4.79 Å². The molecule has 1 saturated heterocycles. The van der Waals surface area contributed by atoms with E-state index in [1.54, 1.807) is 13.1 Å². The van der Waals surface area contributed by atoms with Gasteiger partial charge in [0.05, 0.1) is 11.2 Å². The topological polar surface area (TPSA) is 40.5 Å². The SMILES string of the molecule is Cn1c(Cl)c(B2OC(C)(C)C(C)(C)O2)ccc1=O. The van der Waals surface area contributed by atoms with E-state index in [1.165, 1.54) is 10.6 Å². The minimum atomic E-state index is -0.547. The summed E-state index contributed by atoms with van der Waals surface area (Å²) in [5, 5.41) is 0.348. The summed E-state index contributed by atoms with van der Waals surface area (Å²) in [5.41, 5.74) is -0.316. The second-order valence-corrected chi connectivity index (χ2v) is 5.92. The molecule has 0 spiro atoms. The van der Waals surface area contributed by atoms with Gasteiger partial charge in [-0.1, -0.05) is 17.7 Å². The molecule has 4 nitrogen and oxygen atoms in total. The van der Waals surface area contributed by atoms with E-state index in [9.17, 15) is 4.79 Å². The van der Waals surface area contributed by atoms with Crippen LogP contribution in [-0.2, 0) is 16.4 Å². The molecular weight excluding hydrogens is 252 g/mol. The lowest BCUT2D eigenvalue weighted by Crippen LogP contribution is -2.41. The maximum absolute atomic E-state index is 11.5. The molecule has 6 heteroatoms. The lowest BCUT2D eigenvalue weighted by molar-refractivity contribution is 0.00578. The van der Waals surface area contributed by atoms with Gasteiger partial charge >= 0.3 is 7.12 Å². The van der Waals surface area contributed by atoms with Gasteiger partial charge in [0.2, 0.25) is 0 Å². The summed E-state index contributed by atoms with van der Waals surface area (Å²) in [5.74, 6) is 0. The van der Waals surface area contributed by atoms with E-state index < -0.39 is 18.3 Å². The number of nitrogens with zero attached hydrogens (tertiary/aromatic N) is 1. The van der Waals surface area contributed by atoms with Crippen LogP contribution < -0.4 is 11.0 Å². The van der Waals surface area contributed by atoms with Crippen LogP contribution in [0.1, 0.15) is 27.7 Å². The molecule has 0 bridgehead atoms. The van der Waals surface area contributed by atoms with Crippen LogP contribution in [0.5, 0.6) is 0 Å². The Labute approximate surface area is 112 Å². The van der Waals surface area contributed by atoms with Crippen molar-refractivity contribution in [3.05, 3.63) is 27.6 Å². The largest absolute Gasteiger partial charge is 0.497 e. The van der Waals surface area contributed by atoms with E-state index in [2.05, 4.69) is 0 Å². The van der Waals surface area contributed by atoms with E-state index in [0.717, 1.165) is 0 Å². The first-order chi connectivity index (χ1) is 8.16. The second-order valence-electron chi connectivity index (χ2n) is 5.56. The molecule has 18 heavy (non-hydrogen) atoms. The highest BCUT2D eigenvalue weighted by atomic mass is 35.5. The molecule has 2 rings (SSSR count). The molecule has 1 aliphatic rings. The van der Waals surface area contributed by atoms with E-state index in [4.69, 9.17) is 20.9 Å². The maximum Gasteiger partial charge on any atom is 0.497 e. The molecule has 1 aliphatic heterocycles. The predicted octanol–water partition coefficient (Wildman–Crippen LogP) is 1.34. The number of hydrogen-bond acceptors (Lipinski definition) is 3. The van der Waals surface area contributed by atoms with E-state index in [-0.39, 0.29) is 5.56 Å². The first-order valence-corrected chi connectivity index (χ1v) is 6.24. The highest BCUT2D eigenvalue weighted by Crippen LogP contribution is 2.36. The van der Waals surface area contributed by atoms with Crippen molar-refractivity contribution >= 4 is 24.2 Å². The molecule has 98 valence electrons. The summed E-state index contributed by atoms with van der Waals surface area (Å²) >= 11 is 6.17. The summed E-state index contributed by atoms with van der Waals surface area (Å²) in [4.78, 5) is 11.5. The molecule has 0 amide bonds. The van der Waals surface area contributed by atoms with E-state index in [0.29, 0.717) is 10.6 Å². The fourth-order valence-electron chi connectivity index (χ4n) is 1.78. The molecular formula is C12H17BClNO3. The molecule has 2 heterocycles. The third-order valence-corrected chi connectivity index (χ3v) is 4.25. The van der Waals surface area contributed by atoms with Crippen LogP contribution in [0.25, 0.3) is 0 Å². The van der Waals surface area contributed by atoms with Crippen LogP contribution in [0, 0.1) is 0 Å². The molecule has 0 atom stereocenters.